The van der Waals surface area contributed by atoms with Gasteiger partial charge in [0.2, 0.25) is 5.91 Å². The lowest BCUT2D eigenvalue weighted by atomic mass is 10.4. The summed E-state index contributed by atoms with van der Waals surface area (Å²) in [6.45, 7) is -0.285. The van der Waals surface area contributed by atoms with Crippen LogP contribution >= 0.6 is 0 Å². The van der Waals surface area contributed by atoms with E-state index in [1.165, 1.54) is 0 Å². The molecule has 0 atom stereocenters. The van der Waals surface area contributed by atoms with Crippen molar-refractivity contribution >= 4 is 17.7 Å². The molecule has 0 spiro atoms. The summed E-state index contributed by atoms with van der Waals surface area (Å²) in [5, 5.41) is 19.4. The lowest BCUT2D eigenvalue weighted by Gasteiger charge is -2.13. The standard InChI is InChI=1S/C9H12N2O5/c12-6(10-4-3-9(15)16)5-11-7(13)1-2-8(11)14/h1-2,9,15-16H,3-5H2,(H,10,12). The summed E-state index contributed by atoms with van der Waals surface area (Å²) < 4.78 is 0. The van der Waals surface area contributed by atoms with Gasteiger partial charge in [0.15, 0.2) is 6.29 Å². The Balaban J connectivity index is 2.29. The summed E-state index contributed by atoms with van der Waals surface area (Å²) in [5.74, 6) is -1.57. The van der Waals surface area contributed by atoms with Crippen LogP contribution in [0.1, 0.15) is 6.42 Å². The number of carbonyl (C=O) groups excluding carboxylic acids is 3. The van der Waals surface area contributed by atoms with Crippen LogP contribution in [0.3, 0.4) is 0 Å². The van der Waals surface area contributed by atoms with E-state index in [2.05, 4.69) is 5.32 Å². The van der Waals surface area contributed by atoms with Crippen molar-refractivity contribution in [1.82, 2.24) is 10.2 Å². The van der Waals surface area contributed by atoms with Gasteiger partial charge in [-0.1, -0.05) is 0 Å². The summed E-state index contributed by atoms with van der Waals surface area (Å²) in [6.07, 6.45) is 0.684. The number of carbonyl (C=O) groups is 3. The third-order valence-electron chi connectivity index (χ3n) is 1.93. The van der Waals surface area contributed by atoms with Gasteiger partial charge in [-0.15, -0.1) is 0 Å². The number of aliphatic hydroxyl groups excluding tert-OH is 1. The summed E-state index contributed by atoms with van der Waals surface area (Å²) in [7, 11) is 0. The first-order valence-corrected chi connectivity index (χ1v) is 4.67. The van der Waals surface area contributed by atoms with Crippen LogP contribution in [-0.2, 0) is 14.4 Å². The number of nitrogens with one attached hydrogen (secondary N) is 1. The first kappa shape index (κ1) is 12.3. The molecule has 7 nitrogen and oxygen atoms in total. The number of aliphatic hydroxyl groups is 2. The third kappa shape index (κ3) is 3.44. The third-order valence-corrected chi connectivity index (χ3v) is 1.93. The molecule has 1 aliphatic rings. The molecule has 88 valence electrons. The van der Waals surface area contributed by atoms with Gasteiger partial charge in [0.05, 0.1) is 0 Å². The van der Waals surface area contributed by atoms with Gasteiger partial charge in [0, 0.05) is 25.1 Å². The second-order valence-corrected chi connectivity index (χ2v) is 3.22. The molecule has 0 bridgehead atoms. The Kier molecular flexibility index (Phi) is 4.15. The fourth-order valence-corrected chi connectivity index (χ4v) is 1.13. The Labute approximate surface area is 91.3 Å². The fourth-order valence-electron chi connectivity index (χ4n) is 1.13. The normalized spacial score (nSPS) is 15.1. The van der Waals surface area contributed by atoms with E-state index in [1.807, 2.05) is 0 Å². The van der Waals surface area contributed by atoms with E-state index >= 15 is 0 Å². The summed E-state index contributed by atoms with van der Waals surface area (Å²) in [6, 6.07) is 0. The Morgan fingerprint density at radius 3 is 2.38 bits per heavy atom. The minimum absolute atomic E-state index is 0.00805. The molecule has 0 saturated carbocycles. The minimum Gasteiger partial charge on any atom is -0.368 e. The minimum atomic E-state index is -1.49. The average Bonchev–Trinajstić information content (AvgIpc) is 2.49. The van der Waals surface area contributed by atoms with E-state index in [4.69, 9.17) is 10.2 Å². The predicted octanol–water partition coefficient (Wildman–Crippen LogP) is -2.27. The number of hydrogen-bond acceptors (Lipinski definition) is 5. The number of rotatable bonds is 5. The van der Waals surface area contributed by atoms with Crippen LogP contribution < -0.4 is 5.32 Å². The average molecular weight is 228 g/mol. The van der Waals surface area contributed by atoms with Gasteiger partial charge < -0.3 is 15.5 Å². The maximum atomic E-state index is 11.2. The SMILES string of the molecule is O=C(CN1C(=O)C=CC1=O)NCCC(O)O. The summed E-state index contributed by atoms with van der Waals surface area (Å²) in [4.78, 5) is 34.1. The van der Waals surface area contributed by atoms with Crippen molar-refractivity contribution in [3.05, 3.63) is 12.2 Å². The van der Waals surface area contributed by atoms with E-state index in [-0.39, 0.29) is 19.5 Å². The van der Waals surface area contributed by atoms with Gasteiger partial charge in [-0.2, -0.15) is 0 Å². The molecule has 3 N–H and O–H groups in total. The molecule has 0 unspecified atom stereocenters. The van der Waals surface area contributed by atoms with Crippen LogP contribution in [-0.4, -0.2) is 52.2 Å². The molecular weight excluding hydrogens is 216 g/mol. The van der Waals surface area contributed by atoms with Gasteiger partial charge in [-0.25, -0.2) is 0 Å². The zero-order valence-electron chi connectivity index (χ0n) is 8.42. The second-order valence-electron chi connectivity index (χ2n) is 3.22. The molecule has 16 heavy (non-hydrogen) atoms. The second kappa shape index (κ2) is 5.38. The van der Waals surface area contributed by atoms with Crippen LogP contribution in [0.5, 0.6) is 0 Å². The van der Waals surface area contributed by atoms with Crippen molar-refractivity contribution in [3.8, 4) is 0 Å². The Hall–Kier alpha value is -1.73. The Bertz CT molecular complexity index is 319. The van der Waals surface area contributed by atoms with Crippen LogP contribution in [0.15, 0.2) is 12.2 Å². The lowest BCUT2D eigenvalue weighted by molar-refractivity contribution is -0.141. The molecule has 1 aliphatic heterocycles. The molecule has 0 saturated heterocycles. The quantitative estimate of drug-likeness (QED) is 0.363. The largest absolute Gasteiger partial charge is 0.368 e. The number of imide groups is 1. The van der Waals surface area contributed by atoms with E-state index in [9.17, 15) is 14.4 Å². The highest BCUT2D eigenvalue weighted by Crippen LogP contribution is 2.02. The topological polar surface area (TPSA) is 107 Å². The molecular formula is C9H12N2O5. The number of nitrogens with zero attached hydrogens (tertiary/aromatic N) is 1. The summed E-state index contributed by atoms with van der Waals surface area (Å²) >= 11 is 0. The summed E-state index contributed by atoms with van der Waals surface area (Å²) in [5.41, 5.74) is 0. The van der Waals surface area contributed by atoms with E-state index in [0.717, 1.165) is 17.1 Å². The molecule has 1 rings (SSSR count). The monoisotopic (exact) mass is 228 g/mol. The van der Waals surface area contributed by atoms with Gasteiger partial charge in [0.25, 0.3) is 11.8 Å². The number of hydrogen-bond donors (Lipinski definition) is 3. The molecule has 0 aromatic carbocycles. The smallest absolute Gasteiger partial charge is 0.254 e. The fraction of sp³-hybridized carbons (Fsp3) is 0.444. The van der Waals surface area contributed by atoms with Crippen molar-refractivity contribution in [2.75, 3.05) is 13.1 Å². The molecule has 1 heterocycles. The van der Waals surface area contributed by atoms with Gasteiger partial charge in [-0.05, 0) is 0 Å². The maximum absolute atomic E-state index is 11.2. The van der Waals surface area contributed by atoms with Crippen molar-refractivity contribution in [2.45, 2.75) is 12.7 Å². The van der Waals surface area contributed by atoms with Gasteiger partial charge >= 0.3 is 0 Å². The highest BCUT2D eigenvalue weighted by molar-refractivity contribution is 6.14. The van der Waals surface area contributed by atoms with E-state index < -0.39 is 24.0 Å². The highest BCUT2D eigenvalue weighted by atomic mass is 16.5. The molecule has 7 heteroatoms. The molecule has 0 aromatic rings. The van der Waals surface area contributed by atoms with Crippen molar-refractivity contribution < 1.29 is 24.6 Å². The van der Waals surface area contributed by atoms with Crippen molar-refractivity contribution in [3.63, 3.8) is 0 Å². The molecule has 3 amide bonds. The molecule has 0 aliphatic carbocycles. The van der Waals surface area contributed by atoms with Crippen molar-refractivity contribution in [2.24, 2.45) is 0 Å². The van der Waals surface area contributed by atoms with Crippen LogP contribution in [0, 0.1) is 0 Å². The van der Waals surface area contributed by atoms with Gasteiger partial charge in [-0.3, -0.25) is 19.3 Å². The van der Waals surface area contributed by atoms with Crippen LogP contribution in [0.4, 0.5) is 0 Å². The zero-order valence-corrected chi connectivity index (χ0v) is 8.42. The van der Waals surface area contributed by atoms with Crippen molar-refractivity contribution in [1.29, 1.82) is 0 Å². The van der Waals surface area contributed by atoms with Gasteiger partial charge in [0.1, 0.15) is 6.54 Å². The highest BCUT2D eigenvalue weighted by Gasteiger charge is 2.25. The van der Waals surface area contributed by atoms with E-state index in [1.54, 1.807) is 0 Å². The molecule has 0 radical (unpaired) electrons. The first-order valence-electron chi connectivity index (χ1n) is 4.67. The molecule has 0 fully saturated rings. The number of amides is 3. The zero-order chi connectivity index (χ0) is 12.1. The maximum Gasteiger partial charge on any atom is 0.254 e. The first-order chi connectivity index (χ1) is 7.50. The Morgan fingerprint density at radius 1 is 1.31 bits per heavy atom. The lowest BCUT2D eigenvalue weighted by Crippen LogP contribution is -2.41. The van der Waals surface area contributed by atoms with Crippen LogP contribution in [0.25, 0.3) is 0 Å². The Morgan fingerprint density at radius 2 is 1.88 bits per heavy atom. The van der Waals surface area contributed by atoms with E-state index in [0.29, 0.717) is 0 Å². The van der Waals surface area contributed by atoms with Crippen LogP contribution in [0.2, 0.25) is 0 Å². The molecule has 0 aromatic heterocycles. The predicted molar refractivity (Wildman–Crippen MR) is 51.7 cm³/mol.